The van der Waals surface area contributed by atoms with Gasteiger partial charge in [0.2, 0.25) is 5.78 Å². The molecule has 1 unspecified atom stereocenters. The van der Waals surface area contributed by atoms with E-state index in [2.05, 4.69) is 15.5 Å². The number of aromatic nitrogens is 1. The molecule has 0 saturated carbocycles. The third-order valence-corrected chi connectivity index (χ3v) is 5.25. The van der Waals surface area contributed by atoms with Gasteiger partial charge in [-0.3, -0.25) is 10.2 Å². The van der Waals surface area contributed by atoms with Crippen LogP contribution in [0.1, 0.15) is 24.8 Å². The monoisotopic (exact) mass is 440 g/mol. The maximum atomic E-state index is 12.4. The molecule has 0 aliphatic carbocycles. The van der Waals surface area contributed by atoms with Crippen LogP contribution in [0.2, 0.25) is 0 Å². The fraction of sp³-hybridized carbons (Fsp3) is 0.391. The van der Waals surface area contributed by atoms with Gasteiger partial charge >= 0.3 is 0 Å². The van der Waals surface area contributed by atoms with Gasteiger partial charge in [-0.25, -0.2) is 4.98 Å². The lowest BCUT2D eigenvalue weighted by Crippen LogP contribution is -2.26. The van der Waals surface area contributed by atoms with Gasteiger partial charge in [0.25, 0.3) is 5.90 Å². The lowest BCUT2D eigenvalue weighted by atomic mass is 10.0. The quantitative estimate of drug-likeness (QED) is 0.507. The van der Waals surface area contributed by atoms with Gasteiger partial charge in [0, 0.05) is 39.1 Å². The Bertz CT molecular complexity index is 905. The van der Waals surface area contributed by atoms with E-state index in [0.717, 1.165) is 23.6 Å². The van der Waals surface area contributed by atoms with Crippen LogP contribution in [0, 0.1) is 5.92 Å². The number of anilines is 1. The summed E-state index contributed by atoms with van der Waals surface area (Å²) < 4.78 is 11.6. The van der Waals surface area contributed by atoms with Crippen LogP contribution in [0.3, 0.4) is 0 Å². The SMILES string of the molecule is CN(C)c1ncccc1OC[C@@H](C=S)CCCC(=O)C1=NNC(Cc2ccccc2)O1. The number of Topliss-reactive ketones (excluding diaryl/α,β-unsaturated/α-hetero) is 1. The molecule has 1 N–H and O–H groups in total. The lowest BCUT2D eigenvalue weighted by Gasteiger charge is -2.18. The summed E-state index contributed by atoms with van der Waals surface area (Å²) in [7, 11) is 3.84. The molecular weight excluding hydrogens is 412 g/mol. The van der Waals surface area contributed by atoms with E-state index in [4.69, 9.17) is 21.7 Å². The maximum Gasteiger partial charge on any atom is 0.276 e. The molecule has 1 aliphatic rings. The third-order valence-electron chi connectivity index (χ3n) is 4.87. The standard InChI is InChI=1S/C23H28N4O3S/c1-27(2)22-20(12-7-13-24-22)29-15-18(16-31)10-6-11-19(28)23-26-25-21(30-23)14-17-8-4-3-5-9-17/h3-5,7-9,12-13,16,18,21,25H,6,10-11,14-15H2,1-2H3/t18-,21?/m0/s1. The predicted molar refractivity (Wildman–Crippen MR) is 126 cm³/mol. The van der Waals surface area contributed by atoms with E-state index >= 15 is 0 Å². The van der Waals surface area contributed by atoms with E-state index in [9.17, 15) is 4.79 Å². The number of thiocarbonyl (C=S) groups is 1. The molecule has 2 aromatic rings. The van der Waals surface area contributed by atoms with Gasteiger partial charge in [-0.2, -0.15) is 0 Å². The average molecular weight is 441 g/mol. The van der Waals surface area contributed by atoms with E-state index in [0.29, 0.717) is 25.9 Å². The summed E-state index contributed by atoms with van der Waals surface area (Å²) >= 11 is 5.16. The number of benzene rings is 1. The smallest absolute Gasteiger partial charge is 0.276 e. The summed E-state index contributed by atoms with van der Waals surface area (Å²) in [5.74, 6) is 1.61. The fourth-order valence-corrected chi connectivity index (χ4v) is 3.43. The largest absolute Gasteiger partial charge is 0.489 e. The minimum atomic E-state index is -0.311. The minimum absolute atomic E-state index is 0.0633. The van der Waals surface area contributed by atoms with Crippen molar-refractivity contribution in [2.75, 3.05) is 25.6 Å². The van der Waals surface area contributed by atoms with Crippen LogP contribution in [-0.4, -0.2) is 49.0 Å². The third kappa shape index (κ3) is 6.75. The Balaban J connectivity index is 1.40. The van der Waals surface area contributed by atoms with Gasteiger partial charge in [-0.05, 0) is 35.9 Å². The van der Waals surface area contributed by atoms with Gasteiger partial charge in [0.1, 0.15) is 0 Å². The number of nitrogens with one attached hydrogen (secondary N) is 1. The van der Waals surface area contributed by atoms with Crippen molar-refractivity contribution >= 4 is 35.1 Å². The van der Waals surface area contributed by atoms with Gasteiger partial charge in [-0.1, -0.05) is 42.5 Å². The van der Waals surface area contributed by atoms with Crippen molar-refractivity contribution in [3.8, 4) is 5.75 Å². The first-order valence-corrected chi connectivity index (χ1v) is 10.8. The summed E-state index contributed by atoms with van der Waals surface area (Å²) in [4.78, 5) is 18.7. The first kappa shape index (κ1) is 22.7. The molecule has 0 amide bonds. The second-order valence-corrected chi connectivity index (χ2v) is 7.86. The van der Waals surface area contributed by atoms with Gasteiger partial charge in [0.15, 0.2) is 17.8 Å². The molecule has 0 radical (unpaired) electrons. The second kappa shape index (κ2) is 11.4. The summed E-state index contributed by atoms with van der Waals surface area (Å²) in [6.45, 7) is 0.447. The van der Waals surface area contributed by atoms with Crippen molar-refractivity contribution in [1.29, 1.82) is 0 Å². The van der Waals surface area contributed by atoms with Gasteiger partial charge in [0.05, 0.1) is 6.61 Å². The molecule has 164 valence electrons. The van der Waals surface area contributed by atoms with Crippen LogP contribution in [0.5, 0.6) is 5.75 Å². The average Bonchev–Trinajstić information content (AvgIpc) is 3.25. The van der Waals surface area contributed by atoms with Crippen molar-refractivity contribution < 1.29 is 14.3 Å². The number of pyridine rings is 1. The van der Waals surface area contributed by atoms with Crippen LogP contribution < -0.4 is 15.1 Å². The highest BCUT2D eigenvalue weighted by Crippen LogP contribution is 2.24. The van der Waals surface area contributed by atoms with Crippen LogP contribution in [0.4, 0.5) is 5.82 Å². The van der Waals surface area contributed by atoms with Crippen molar-refractivity contribution in [3.05, 3.63) is 54.2 Å². The molecule has 1 aromatic heterocycles. The molecule has 2 heterocycles. The number of hydrogen-bond donors (Lipinski definition) is 1. The number of carbonyl (C=O) groups excluding carboxylic acids is 1. The molecule has 8 heteroatoms. The Morgan fingerprint density at radius 3 is 2.84 bits per heavy atom. The number of ketones is 1. The Morgan fingerprint density at radius 1 is 1.29 bits per heavy atom. The van der Waals surface area contributed by atoms with E-state index in [-0.39, 0.29) is 23.8 Å². The fourth-order valence-electron chi connectivity index (χ4n) is 3.21. The Morgan fingerprint density at radius 2 is 2.10 bits per heavy atom. The van der Waals surface area contributed by atoms with Crippen LogP contribution >= 0.6 is 12.2 Å². The normalized spacial score (nSPS) is 15.9. The highest BCUT2D eigenvalue weighted by atomic mass is 32.1. The van der Waals surface area contributed by atoms with Crippen molar-refractivity contribution in [3.63, 3.8) is 0 Å². The number of hydrazone groups is 1. The van der Waals surface area contributed by atoms with Crippen molar-refractivity contribution in [1.82, 2.24) is 10.4 Å². The number of ether oxygens (including phenoxy) is 2. The predicted octanol–water partition coefficient (Wildman–Crippen LogP) is 3.38. The number of nitrogens with zero attached hydrogens (tertiary/aromatic N) is 3. The van der Waals surface area contributed by atoms with E-state index in [1.165, 1.54) is 0 Å². The van der Waals surface area contributed by atoms with Gasteiger partial charge in [-0.15, -0.1) is 5.10 Å². The molecule has 0 spiro atoms. The molecule has 1 aliphatic heterocycles. The van der Waals surface area contributed by atoms with E-state index in [1.807, 2.05) is 61.5 Å². The molecule has 0 saturated heterocycles. The van der Waals surface area contributed by atoms with E-state index < -0.39 is 0 Å². The zero-order valence-corrected chi connectivity index (χ0v) is 18.7. The Hall–Kier alpha value is -3.00. The molecule has 7 nitrogen and oxygen atoms in total. The van der Waals surface area contributed by atoms with Crippen LogP contribution in [0.15, 0.2) is 53.8 Å². The first-order valence-electron chi connectivity index (χ1n) is 10.3. The molecule has 0 fully saturated rings. The van der Waals surface area contributed by atoms with E-state index in [1.54, 1.807) is 11.6 Å². The Labute approximate surface area is 188 Å². The molecular formula is C23H28N4O3S. The Kier molecular flexibility index (Phi) is 8.35. The topological polar surface area (TPSA) is 76.1 Å². The summed E-state index contributed by atoms with van der Waals surface area (Å²) in [5, 5.41) is 5.77. The summed E-state index contributed by atoms with van der Waals surface area (Å²) in [6, 6.07) is 13.7. The first-order chi connectivity index (χ1) is 15.1. The number of carbonyl (C=O) groups is 1. The van der Waals surface area contributed by atoms with Crippen molar-refractivity contribution in [2.45, 2.75) is 31.9 Å². The zero-order valence-electron chi connectivity index (χ0n) is 17.9. The maximum absolute atomic E-state index is 12.4. The molecule has 0 bridgehead atoms. The van der Waals surface area contributed by atoms with Crippen molar-refractivity contribution in [2.24, 2.45) is 11.0 Å². The zero-order chi connectivity index (χ0) is 22.1. The lowest BCUT2D eigenvalue weighted by molar-refractivity contribution is -0.114. The minimum Gasteiger partial charge on any atom is -0.489 e. The summed E-state index contributed by atoms with van der Waals surface area (Å²) in [6.07, 6.45) is 3.86. The number of rotatable bonds is 12. The molecule has 31 heavy (non-hydrogen) atoms. The molecule has 3 rings (SSSR count). The molecule has 1 aromatic carbocycles. The summed E-state index contributed by atoms with van der Waals surface area (Å²) in [5.41, 5.74) is 4.02. The highest BCUT2D eigenvalue weighted by Gasteiger charge is 2.25. The van der Waals surface area contributed by atoms with Crippen LogP contribution in [-0.2, 0) is 16.0 Å². The highest BCUT2D eigenvalue weighted by molar-refractivity contribution is 7.79. The van der Waals surface area contributed by atoms with Gasteiger partial charge < -0.3 is 14.4 Å². The molecule has 2 atom stereocenters. The second-order valence-electron chi connectivity index (χ2n) is 7.58. The van der Waals surface area contributed by atoms with Crippen LogP contribution in [0.25, 0.3) is 0 Å². The number of hydrogen-bond acceptors (Lipinski definition) is 8.